The van der Waals surface area contributed by atoms with Gasteiger partial charge in [0.1, 0.15) is 29.8 Å². The van der Waals surface area contributed by atoms with E-state index in [9.17, 15) is 9.50 Å². The molecule has 0 saturated carbocycles. The molecule has 0 fully saturated rings. The number of ether oxygens (including phenoxy) is 1. The quantitative estimate of drug-likeness (QED) is 0.600. The fourth-order valence-corrected chi connectivity index (χ4v) is 2.84. The summed E-state index contributed by atoms with van der Waals surface area (Å²) in [6.45, 7) is -0.146. The summed E-state index contributed by atoms with van der Waals surface area (Å²) in [5.41, 5.74) is 3.13. The maximum atomic E-state index is 13.5. The number of hydrogen-bond acceptors (Lipinski definition) is 4. The van der Waals surface area contributed by atoms with Crippen molar-refractivity contribution in [2.45, 2.75) is 6.61 Å². The molecule has 4 rings (SSSR count). The average molecular weight is 338 g/mol. The van der Waals surface area contributed by atoms with Crippen LogP contribution in [0.5, 0.6) is 5.75 Å². The molecule has 2 aromatic heterocycles. The van der Waals surface area contributed by atoms with Crippen LogP contribution in [0.15, 0.2) is 48.8 Å². The number of aromatic amines is 1. The minimum Gasteiger partial charge on any atom is -0.496 e. The second kappa shape index (κ2) is 6.03. The van der Waals surface area contributed by atoms with Crippen LogP contribution in [-0.4, -0.2) is 31.7 Å². The van der Waals surface area contributed by atoms with Gasteiger partial charge in [0, 0.05) is 24.1 Å². The second-order valence-electron chi connectivity index (χ2n) is 5.51. The lowest BCUT2D eigenvalue weighted by Gasteiger charge is -2.11. The molecule has 0 unspecified atom stereocenters. The maximum Gasteiger partial charge on any atom is 0.148 e. The number of nitrogens with zero attached hydrogens (tertiary/aromatic N) is 3. The maximum absolute atomic E-state index is 13.5. The number of halogens is 1. The van der Waals surface area contributed by atoms with Crippen molar-refractivity contribution in [3.8, 4) is 22.8 Å². The van der Waals surface area contributed by atoms with Crippen molar-refractivity contribution in [1.29, 1.82) is 0 Å². The van der Waals surface area contributed by atoms with E-state index < -0.39 is 0 Å². The van der Waals surface area contributed by atoms with Gasteiger partial charge in [0.25, 0.3) is 0 Å². The number of aromatic nitrogens is 4. The van der Waals surface area contributed by atoms with Gasteiger partial charge >= 0.3 is 0 Å². The summed E-state index contributed by atoms with van der Waals surface area (Å²) in [5, 5.41) is 9.21. The predicted molar refractivity (Wildman–Crippen MR) is 91.1 cm³/mol. The van der Waals surface area contributed by atoms with Gasteiger partial charge in [-0.15, -0.1) is 0 Å². The summed E-state index contributed by atoms with van der Waals surface area (Å²) < 4.78 is 20.6. The van der Waals surface area contributed by atoms with E-state index >= 15 is 0 Å². The van der Waals surface area contributed by atoms with Crippen LogP contribution in [0.2, 0.25) is 0 Å². The molecule has 0 saturated heterocycles. The molecule has 4 aromatic rings. The molecule has 7 heteroatoms. The third-order valence-electron chi connectivity index (χ3n) is 3.99. The van der Waals surface area contributed by atoms with Crippen molar-refractivity contribution in [3.63, 3.8) is 0 Å². The molecule has 0 amide bonds. The number of fused-ring (bicyclic) bond motifs is 1. The molecule has 2 aromatic carbocycles. The molecule has 2 heterocycles. The molecule has 0 radical (unpaired) electrons. The lowest BCUT2D eigenvalue weighted by molar-refractivity contribution is 0.273. The fraction of sp³-hybridized carbons (Fsp3) is 0.111. The molecule has 126 valence electrons. The molecular formula is C18H15FN4O2. The third kappa shape index (κ3) is 2.64. The molecule has 0 aliphatic heterocycles. The van der Waals surface area contributed by atoms with E-state index in [-0.39, 0.29) is 12.4 Å². The van der Waals surface area contributed by atoms with E-state index in [4.69, 9.17) is 4.74 Å². The van der Waals surface area contributed by atoms with Crippen molar-refractivity contribution in [2.75, 3.05) is 7.11 Å². The molecule has 0 aliphatic carbocycles. The Balaban J connectivity index is 1.84. The third-order valence-corrected chi connectivity index (χ3v) is 3.99. The van der Waals surface area contributed by atoms with Gasteiger partial charge in [-0.2, -0.15) is 0 Å². The van der Waals surface area contributed by atoms with Gasteiger partial charge in [-0.1, -0.05) is 0 Å². The molecule has 0 spiro atoms. The number of benzene rings is 2. The zero-order valence-electron chi connectivity index (χ0n) is 13.4. The number of aliphatic hydroxyl groups is 1. The monoisotopic (exact) mass is 338 g/mol. The van der Waals surface area contributed by atoms with Crippen LogP contribution in [0.1, 0.15) is 5.82 Å². The van der Waals surface area contributed by atoms with Gasteiger partial charge in [-0.05, 0) is 30.3 Å². The van der Waals surface area contributed by atoms with Crippen molar-refractivity contribution < 1.29 is 14.2 Å². The summed E-state index contributed by atoms with van der Waals surface area (Å²) in [4.78, 5) is 11.7. The first-order valence-corrected chi connectivity index (χ1v) is 7.66. The van der Waals surface area contributed by atoms with E-state index in [1.165, 1.54) is 19.2 Å². The summed E-state index contributed by atoms with van der Waals surface area (Å²) in [6, 6.07) is 10.0. The van der Waals surface area contributed by atoms with Crippen LogP contribution in [-0.2, 0) is 6.61 Å². The lowest BCUT2D eigenvalue weighted by Crippen LogP contribution is -1.98. The standard InChI is InChI=1S/C18H15FN4O2/c1-25-16-8-11(19)2-4-13(16)18-20-6-7-23(18)12-3-5-14-15(9-12)22-17(10-24)21-14/h2-9,24H,10H2,1H3,(H,21,22). The van der Waals surface area contributed by atoms with Crippen LogP contribution in [0, 0.1) is 5.82 Å². The molecule has 0 aliphatic rings. The van der Waals surface area contributed by atoms with Gasteiger partial charge in [0.15, 0.2) is 0 Å². The first-order chi connectivity index (χ1) is 12.2. The Morgan fingerprint density at radius 3 is 2.92 bits per heavy atom. The Bertz CT molecular complexity index is 1050. The Morgan fingerprint density at radius 1 is 1.24 bits per heavy atom. The average Bonchev–Trinajstić information content (AvgIpc) is 3.27. The molecular weight excluding hydrogens is 323 g/mol. The van der Waals surface area contributed by atoms with E-state index in [1.54, 1.807) is 12.3 Å². The van der Waals surface area contributed by atoms with Crippen LogP contribution >= 0.6 is 0 Å². The Morgan fingerprint density at radius 2 is 2.12 bits per heavy atom. The number of methoxy groups -OCH3 is 1. The second-order valence-corrected chi connectivity index (χ2v) is 5.51. The first kappa shape index (κ1) is 15.3. The zero-order valence-corrected chi connectivity index (χ0v) is 13.4. The summed E-state index contributed by atoms with van der Waals surface area (Å²) in [6.07, 6.45) is 3.50. The van der Waals surface area contributed by atoms with Gasteiger partial charge in [0.05, 0.1) is 23.7 Å². The van der Waals surface area contributed by atoms with Crippen molar-refractivity contribution >= 4 is 11.0 Å². The lowest BCUT2D eigenvalue weighted by atomic mass is 10.1. The number of rotatable bonds is 4. The highest BCUT2D eigenvalue weighted by Crippen LogP contribution is 2.31. The minimum absolute atomic E-state index is 0.146. The number of hydrogen-bond donors (Lipinski definition) is 2. The number of nitrogens with one attached hydrogen (secondary N) is 1. The van der Waals surface area contributed by atoms with Gasteiger partial charge in [0.2, 0.25) is 0 Å². The predicted octanol–water partition coefficient (Wildman–Crippen LogP) is 3.06. The normalized spacial score (nSPS) is 11.2. The summed E-state index contributed by atoms with van der Waals surface area (Å²) >= 11 is 0. The number of aliphatic hydroxyl groups excluding tert-OH is 1. The molecule has 6 nitrogen and oxygen atoms in total. The van der Waals surface area contributed by atoms with Crippen LogP contribution in [0.3, 0.4) is 0 Å². The fourth-order valence-electron chi connectivity index (χ4n) is 2.84. The van der Waals surface area contributed by atoms with Gasteiger partial charge < -0.3 is 14.8 Å². The molecule has 0 bridgehead atoms. The molecule has 25 heavy (non-hydrogen) atoms. The van der Waals surface area contributed by atoms with E-state index in [2.05, 4.69) is 15.0 Å². The summed E-state index contributed by atoms with van der Waals surface area (Å²) in [5.74, 6) is 1.20. The van der Waals surface area contributed by atoms with E-state index in [0.29, 0.717) is 23.0 Å². The minimum atomic E-state index is -0.367. The van der Waals surface area contributed by atoms with Crippen LogP contribution < -0.4 is 4.74 Å². The Hall–Kier alpha value is -3.19. The first-order valence-electron chi connectivity index (χ1n) is 7.66. The highest BCUT2D eigenvalue weighted by Gasteiger charge is 2.14. The Labute approximate surface area is 142 Å². The number of imidazole rings is 2. The SMILES string of the molecule is COc1cc(F)ccc1-c1nccn1-c1ccc2nc(CO)[nH]c2c1. The van der Waals surface area contributed by atoms with Crippen LogP contribution in [0.4, 0.5) is 4.39 Å². The molecule has 2 N–H and O–H groups in total. The van der Waals surface area contributed by atoms with Gasteiger partial charge in [-0.3, -0.25) is 4.57 Å². The topological polar surface area (TPSA) is 76.0 Å². The number of H-pyrrole nitrogens is 1. The van der Waals surface area contributed by atoms with Crippen molar-refractivity contribution in [2.24, 2.45) is 0 Å². The van der Waals surface area contributed by atoms with Crippen molar-refractivity contribution in [1.82, 2.24) is 19.5 Å². The molecule has 0 atom stereocenters. The smallest absolute Gasteiger partial charge is 0.148 e. The zero-order chi connectivity index (χ0) is 17.4. The summed E-state index contributed by atoms with van der Waals surface area (Å²) in [7, 11) is 1.50. The van der Waals surface area contributed by atoms with Gasteiger partial charge in [-0.25, -0.2) is 14.4 Å². The largest absolute Gasteiger partial charge is 0.496 e. The highest BCUT2D eigenvalue weighted by molar-refractivity contribution is 5.78. The van der Waals surface area contributed by atoms with Crippen molar-refractivity contribution in [3.05, 3.63) is 60.4 Å². The van der Waals surface area contributed by atoms with E-state index in [0.717, 1.165) is 16.7 Å². The Kier molecular flexibility index (Phi) is 3.70. The van der Waals surface area contributed by atoms with E-state index in [1.807, 2.05) is 29.0 Å². The highest BCUT2D eigenvalue weighted by atomic mass is 19.1. The van der Waals surface area contributed by atoms with Crippen LogP contribution in [0.25, 0.3) is 28.1 Å².